The first-order chi connectivity index (χ1) is 17.7. The molecule has 1 amide bonds. The summed E-state index contributed by atoms with van der Waals surface area (Å²) in [5.41, 5.74) is 4.29. The Kier molecular flexibility index (Phi) is 5.61. The number of ether oxygens (including phenoxy) is 3. The molecule has 0 bridgehead atoms. The number of anilines is 1. The lowest BCUT2D eigenvalue weighted by Gasteiger charge is -2.22. The first kappa shape index (κ1) is 21.9. The number of benzene rings is 2. The van der Waals surface area contributed by atoms with Gasteiger partial charge in [-0.05, 0) is 66.8 Å². The highest BCUT2D eigenvalue weighted by Gasteiger charge is 2.26. The quantitative estimate of drug-likeness (QED) is 0.389. The molecule has 8 heteroatoms. The number of aromatic nitrogens is 1. The van der Waals surface area contributed by atoms with E-state index in [1.807, 2.05) is 42.5 Å². The van der Waals surface area contributed by atoms with Crippen LogP contribution in [0.3, 0.4) is 0 Å². The molecule has 3 heterocycles. The molecule has 0 fully saturated rings. The maximum absolute atomic E-state index is 13.4. The van der Waals surface area contributed by atoms with Crippen molar-refractivity contribution in [3.8, 4) is 11.5 Å². The molecule has 0 spiro atoms. The van der Waals surface area contributed by atoms with Gasteiger partial charge in [0.15, 0.2) is 18.1 Å². The molecule has 180 valence electrons. The zero-order valence-corrected chi connectivity index (χ0v) is 19.3. The SMILES string of the molecule is O=C(COC(=O)c1c2c(nc3ccccc13)C(=Cc1ccco1)CCC2)Nc1ccc2c(c1)OCO2. The number of nitrogens with one attached hydrogen (secondary N) is 1. The minimum Gasteiger partial charge on any atom is -0.465 e. The van der Waals surface area contributed by atoms with Crippen molar-refractivity contribution in [2.24, 2.45) is 0 Å². The van der Waals surface area contributed by atoms with E-state index in [2.05, 4.69) is 5.32 Å². The molecule has 2 aromatic carbocycles. The predicted molar refractivity (Wildman–Crippen MR) is 133 cm³/mol. The van der Waals surface area contributed by atoms with Crippen LogP contribution in [0.15, 0.2) is 65.3 Å². The van der Waals surface area contributed by atoms with Crippen LogP contribution in [0, 0.1) is 0 Å². The third-order valence-corrected chi connectivity index (χ3v) is 6.22. The van der Waals surface area contributed by atoms with E-state index in [-0.39, 0.29) is 6.79 Å². The number of hydrogen-bond acceptors (Lipinski definition) is 7. The van der Waals surface area contributed by atoms with Crippen LogP contribution >= 0.6 is 0 Å². The summed E-state index contributed by atoms with van der Waals surface area (Å²) < 4.78 is 21.6. The van der Waals surface area contributed by atoms with Crippen LogP contribution in [0.4, 0.5) is 5.69 Å². The van der Waals surface area contributed by atoms with Gasteiger partial charge in [0.2, 0.25) is 6.79 Å². The average molecular weight is 482 g/mol. The van der Waals surface area contributed by atoms with E-state index in [0.717, 1.165) is 35.4 Å². The third kappa shape index (κ3) is 4.17. The Hall–Kier alpha value is -4.59. The van der Waals surface area contributed by atoms with Gasteiger partial charge in [-0.2, -0.15) is 0 Å². The van der Waals surface area contributed by atoms with Crippen LogP contribution in [0.5, 0.6) is 11.5 Å². The Balaban J connectivity index is 1.27. The van der Waals surface area contributed by atoms with Gasteiger partial charge in [-0.1, -0.05) is 18.2 Å². The number of rotatable bonds is 5. The van der Waals surface area contributed by atoms with Gasteiger partial charge in [0.1, 0.15) is 5.76 Å². The molecule has 36 heavy (non-hydrogen) atoms. The molecular formula is C28H22N2O6. The van der Waals surface area contributed by atoms with Crippen molar-refractivity contribution in [2.75, 3.05) is 18.7 Å². The van der Waals surface area contributed by atoms with Crippen LogP contribution in [0.1, 0.15) is 40.2 Å². The van der Waals surface area contributed by atoms with Crippen LogP contribution in [-0.2, 0) is 16.0 Å². The molecule has 0 unspecified atom stereocenters. The highest BCUT2D eigenvalue weighted by Crippen LogP contribution is 2.37. The normalized spacial score (nSPS) is 15.1. The number of esters is 1. The highest BCUT2D eigenvalue weighted by atomic mass is 16.7. The molecule has 1 N–H and O–H groups in total. The maximum Gasteiger partial charge on any atom is 0.339 e. The molecule has 4 aromatic rings. The molecule has 0 saturated heterocycles. The van der Waals surface area contributed by atoms with Gasteiger partial charge >= 0.3 is 5.97 Å². The summed E-state index contributed by atoms with van der Waals surface area (Å²) in [6.07, 6.45) is 5.97. The molecule has 0 atom stereocenters. The minimum atomic E-state index is -0.551. The van der Waals surface area contributed by atoms with E-state index in [0.29, 0.717) is 40.1 Å². The Bertz CT molecular complexity index is 1510. The molecule has 0 saturated carbocycles. The second-order valence-electron chi connectivity index (χ2n) is 8.56. The van der Waals surface area contributed by atoms with E-state index in [9.17, 15) is 9.59 Å². The number of fused-ring (bicyclic) bond motifs is 3. The van der Waals surface area contributed by atoms with Crippen LogP contribution in [0.2, 0.25) is 0 Å². The summed E-state index contributed by atoms with van der Waals surface area (Å²) in [6, 6.07) is 16.3. The zero-order valence-electron chi connectivity index (χ0n) is 19.3. The number of para-hydroxylation sites is 1. The number of hydrogen-bond donors (Lipinski definition) is 1. The summed E-state index contributed by atoms with van der Waals surface area (Å²) in [5, 5.41) is 3.43. The van der Waals surface area contributed by atoms with Crippen molar-refractivity contribution in [2.45, 2.75) is 19.3 Å². The summed E-state index contributed by atoms with van der Waals surface area (Å²) in [5.74, 6) is 0.905. The van der Waals surface area contributed by atoms with Gasteiger partial charge in [-0.3, -0.25) is 4.79 Å². The summed E-state index contributed by atoms with van der Waals surface area (Å²) >= 11 is 0. The summed E-state index contributed by atoms with van der Waals surface area (Å²) in [6.45, 7) is -0.277. The fourth-order valence-electron chi connectivity index (χ4n) is 4.63. The van der Waals surface area contributed by atoms with Crippen LogP contribution < -0.4 is 14.8 Å². The number of allylic oxidation sites excluding steroid dienone is 1. The first-order valence-corrected chi connectivity index (χ1v) is 11.7. The number of furan rings is 1. The van der Waals surface area contributed by atoms with Crippen molar-refractivity contribution in [1.82, 2.24) is 4.98 Å². The second kappa shape index (κ2) is 9.22. The van der Waals surface area contributed by atoms with E-state index >= 15 is 0 Å². The number of pyridine rings is 1. The molecule has 8 nitrogen and oxygen atoms in total. The van der Waals surface area contributed by atoms with Crippen molar-refractivity contribution in [3.05, 3.63) is 83.4 Å². The molecule has 1 aliphatic carbocycles. The zero-order chi connectivity index (χ0) is 24.5. The number of carbonyl (C=O) groups is 2. The number of amides is 1. The first-order valence-electron chi connectivity index (χ1n) is 11.7. The molecule has 1 aliphatic heterocycles. The lowest BCUT2D eigenvalue weighted by molar-refractivity contribution is -0.119. The molecule has 0 radical (unpaired) electrons. The molecule has 2 aromatic heterocycles. The van der Waals surface area contributed by atoms with E-state index < -0.39 is 18.5 Å². The Labute approximate surface area is 206 Å². The number of carbonyl (C=O) groups excluding carboxylic acids is 2. The van der Waals surface area contributed by atoms with Gasteiger partial charge in [0, 0.05) is 17.1 Å². The Morgan fingerprint density at radius 1 is 1.03 bits per heavy atom. The van der Waals surface area contributed by atoms with Crippen molar-refractivity contribution in [3.63, 3.8) is 0 Å². The van der Waals surface area contributed by atoms with Crippen LogP contribution in [0.25, 0.3) is 22.6 Å². The Morgan fingerprint density at radius 3 is 2.81 bits per heavy atom. The standard InChI is InChI=1S/C28H22N2O6/c31-25(29-18-10-11-23-24(14-18)36-16-35-23)15-34-28(32)26-20-7-1-2-9-22(20)30-27-17(5-3-8-21(26)27)13-19-6-4-12-33-19/h1-2,4,6-7,9-14H,3,5,8,15-16H2,(H,29,31). The monoisotopic (exact) mass is 482 g/mol. The average Bonchev–Trinajstić information content (AvgIpc) is 3.58. The van der Waals surface area contributed by atoms with E-state index in [1.165, 1.54) is 0 Å². The smallest absolute Gasteiger partial charge is 0.339 e. The topological polar surface area (TPSA) is 99.9 Å². The van der Waals surface area contributed by atoms with Gasteiger partial charge < -0.3 is 23.9 Å². The van der Waals surface area contributed by atoms with E-state index in [1.54, 1.807) is 24.5 Å². The fourth-order valence-corrected chi connectivity index (χ4v) is 4.63. The predicted octanol–water partition coefficient (Wildman–Crippen LogP) is 5.23. The van der Waals surface area contributed by atoms with Gasteiger partial charge in [0.25, 0.3) is 5.91 Å². The van der Waals surface area contributed by atoms with Crippen molar-refractivity contribution in [1.29, 1.82) is 0 Å². The summed E-state index contributed by atoms with van der Waals surface area (Å²) in [7, 11) is 0. The summed E-state index contributed by atoms with van der Waals surface area (Å²) in [4.78, 5) is 30.8. The van der Waals surface area contributed by atoms with Crippen LogP contribution in [-0.4, -0.2) is 30.3 Å². The second-order valence-corrected chi connectivity index (χ2v) is 8.56. The fraction of sp³-hybridized carbons (Fsp3) is 0.179. The number of nitrogens with zero attached hydrogens (tertiary/aromatic N) is 1. The molecule has 2 aliphatic rings. The molecule has 6 rings (SSSR count). The lowest BCUT2D eigenvalue weighted by Crippen LogP contribution is -2.22. The highest BCUT2D eigenvalue weighted by molar-refractivity contribution is 6.07. The Morgan fingerprint density at radius 2 is 1.92 bits per heavy atom. The van der Waals surface area contributed by atoms with Gasteiger partial charge in [0.05, 0.1) is 23.0 Å². The maximum atomic E-state index is 13.4. The lowest BCUT2D eigenvalue weighted by atomic mass is 9.86. The largest absolute Gasteiger partial charge is 0.465 e. The molecular weight excluding hydrogens is 460 g/mol. The van der Waals surface area contributed by atoms with E-state index in [4.69, 9.17) is 23.6 Å². The van der Waals surface area contributed by atoms with Crippen molar-refractivity contribution < 1.29 is 28.2 Å². The van der Waals surface area contributed by atoms with Gasteiger partial charge in [-0.25, -0.2) is 9.78 Å². The minimum absolute atomic E-state index is 0.146. The third-order valence-electron chi connectivity index (χ3n) is 6.22. The van der Waals surface area contributed by atoms with Crippen molar-refractivity contribution >= 4 is 40.1 Å². The van der Waals surface area contributed by atoms with Gasteiger partial charge in [-0.15, -0.1) is 0 Å².